The van der Waals surface area contributed by atoms with E-state index in [2.05, 4.69) is 48.2 Å². The normalized spacial score (nSPS) is 17.5. The molecule has 0 fully saturated rings. The highest BCUT2D eigenvalue weighted by atomic mass is 19.4. The summed E-state index contributed by atoms with van der Waals surface area (Å²) in [5.41, 5.74) is -7.27. The molecule has 3 unspecified atom stereocenters. The van der Waals surface area contributed by atoms with Crippen LogP contribution in [0, 0.1) is 5.41 Å². The van der Waals surface area contributed by atoms with Gasteiger partial charge in [0.1, 0.15) is 6.61 Å². The minimum Gasteiger partial charge on any atom is -0.457 e. The molecule has 0 aromatic heterocycles. The number of carbonyl (C=O) groups is 3. The smallest absolute Gasteiger partial charge is 0.452 e. The van der Waals surface area contributed by atoms with Gasteiger partial charge in [0.2, 0.25) is 22.9 Å². The highest BCUT2D eigenvalue weighted by Gasteiger charge is 2.85. The van der Waals surface area contributed by atoms with Crippen molar-refractivity contribution in [1.82, 2.24) is 0 Å². The van der Waals surface area contributed by atoms with E-state index in [0.717, 1.165) is 0 Å². The number of rotatable bonds is 18. The predicted octanol–water partition coefficient (Wildman–Crippen LogP) is 7.29. The van der Waals surface area contributed by atoms with E-state index in [9.17, 15) is 75.8 Å². The van der Waals surface area contributed by atoms with E-state index < -0.39 is 122 Å². The molecule has 0 aromatic rings. The molecule has 29 heteroatoms. The van der Waals surface area contributed by atoms with Crippen molar-refractivity contribution >= 4 is 17.9 Å². The number of esters is 3. The molecule has 0 amide bonds. The zero-order valence-electron chi connectivity index (χ0n) is 24.6. The largest absolute Gasteiger partial charge is 0.457 e. The van der Waals surface area contributed by atoms with Crippen LogP contribution in [0.2, 0.25) is 0 Å². The van der Waals surface area contributed by atoms with Crippen LogP contribution in [0.15, 0.2) is 37.2 Å². The van der Waals surface area contributed by atoms with Gasteiger partial charge >= 0.3 is 66.5 Å². The van der Waals surface area contributed by atoms with Gasteiger partial charge in [-0.05, 0) is 6.92 Å². The van der Waals surface area contributed by atoms with Crippen molar-refractivity contribution in [3.63, 3.8) is 0 Å². The molecule has 0 bridgehead atoms. The first-order valence-corrected chi connectivity index (χ1v) is 12.1. The Balaban J connectivity index is 7.80. The van der Waals surface area contributed by atoms with Gasteiger partial charge in [0.05, 0.1) is 0 Å². The fourth-order valence-corrected chi connectivity index (χ4v) is 2.65. The topological polar surface area (TPSA) is 107 Å². The summed E-state index contributed by atoms with van der Waals surface area (Å²) in [6.45, 7) is -5.53. The molecular formula is C23H16F20O9. The molecule has 0 heterocycles. The zero-order chi connectivity index (χ0) is 41.9. The van der Waals surface area contributed by atoms with Crippen LogP contribution >= 0.6 is 0 Å². The van der Waals surface area contributed by atoms with Crippen molar-refractivity contribution in [2.75, 3.05) is 19.8 Å². The maximum Gasteiger partial charge on any atom is 0.452 e. The zero-order valence-corrected chi connectivity index (χ0v) is 24.6. The summed E-state index contributed by atoms with van der Waals surface area (Å²) in [4.78, 5) is 33.1. The van der Waals surface area contributed by atoms with E-state index >= 15 is 26.3 Å². The lowest BCUT2D eigenvalue weighted by molar-refractivity contribution is -0.547. The molecule has 0 aliphatic rings. The Labute approximate surface area is 273 Å². The van der Waals surface area contributed by atoms with Crippen LogP contribution < -0.4 is 0 Å². The average molecular weight is 816 g/mol. The summed E-state index contributed by atoms with van der Waals surface area (Å²) in [6, 6.07) is 0. The predicted molar refractivity (Wildman–Crippen MR) is 119 cm³/mol. The van der Waals surface area contributed by atoms with Crippen molar-refractivity contribution < 1.29 is 131 Å². The molecule has 0 aliphatic carbocycles. The number of halogens is 20. The van der Waals surface area contributed by atoms with Gasteiger partial charge in [-0.15, -0.1) is 0 Å². The first kappa shape index (κ1) is 48.1. The van der Waals surface area contributed by atoms with Crippen molar-refractivity contribution in [3.8, 4) is 0 Å². The lowest BCUT2D eigenvalue weighted by Crippen LogP contribution is -2.70. The minimum absolute atomic E-state index is 1.80. The van der Waals surface area contributed by atoms with Gasteiger partial charge in [-0.2, -0.15) is 87.8 Å². The fraction of sp³-hybridized carbons (Fsp3) is 0.609. The quantitative estimate of drug-likeness (QED) is 0.0611. The lowest BCUT2D eigenvalue weighted by atomic mass is 9.84. The highest BCUT2D eigenvalue weighted by Crippen LogP contribution is 2.62. The average Bonchev–Trinajstić information content (AvgIpc) is 2.93. The SMILES string of the molecule is C=C(F)C(=O)OCC(OC(F)(F)C(C)(C(F)(F)OC(F)(COC(=O)C(=C)F)C(F)(F)F)C(F)(F)OC(F)(COC(=O)C(=C)F)C(F)(F)F)C(F)(F)F. The Morgan fingerprint density at radius 1 is 0.519 bits per heavy atom. The number of hydrogen-bond donors (Lipinski definition) is 0. The van der Waals surface area contributed by atoms with Gasteiger partial charge in [0, 0.05) is 0 Å². The standard InChI is InChI=1S/C23H16F20O9/c1-8(24)12(44)47-5-11(18(29,30)31)50-21(38,39)15(4,22(40,41)51-16(27,19(32,33)34)6-48-13(45)9(2)25)23(42,43)52-17(28,20(35,36)37)7-49-14(46)10(3)26/h11H,1-3,5-7H2,4H3. The van der Waals surface area contributed by atoms with Crippen LogP contribution in [0.25, 0.3) is 0 Å². The van der Waals surface area contributed by atoms with Crippen molar-refractivity contribution in [3.05, 3.63) is 37.2 Å². The molecule has 3 atom stereocenters. The van der Waals surface area contributed by atoms with Gasteiger partial charge in [0.25, 0.3) is 0 Å². The summed E-state index contributed by atoms with van der Waals surface area (Å²) < 4.78 is 298. The fourth-order valence-electron chi connectivity index (χ4n) is 2.65. The molecule has 52 heavy (non-hydrogen) atoms. The van der Waals surface area contributed by atoms with Crippen LogP contribution in [-0.2, 0) is 42.8 Å². The van der Waals surface area contributed by atoms with E-state index in [1.165, 1.54) is 0 Å². The Morgan fingerprint density at radius 2 is 0.808 bits per heavy atom. The number of hydrogen-bond acceptors (Lipinski definition) is 9. The third-order valence-electron chi connectivity index (χ3n) is 5.64. The molecule has 0 saturated heterocycles. The third kappa shape index (κ3) is 10.8. The summed E-state index contributed by atoms with van der Waals surface area (Å²) in [5, 5.41) is 0. The van der Waals surface area contributed by atoms with Crippen LogP contribution in [0.5, 0.6) is 0 Å². The first-order chi connectivity index (χ1) is 22.8. The molecule has 0 saturated carbocycles. The molecule has 0 spiro atoms. The van der Waals surface area contributed by atoms with Gasteiger partial charge in [-0.3, -0.25) is 9.47 Å². The summed E-state index contributed by atoms with van der Waals surface area (Å²) in [5.74, 6) is -28.9. The molecule has 0 N–H and O–H groups in total. The summed E-state index contributed by atoms with van der Waals surface area (Å²) >= 11 is 0. The number of carbonyl (C=O) groups excluding carboxylic acids is 3. The van der Waals surface area contributed by atoms with Crippen LogP contribution in [0.1, 0.15) is 6.92 Å². The Hall–Kier alpha value is -3.89. The highest BCUT2D eigenvalue weighted by molar-refractivity contribution is 5.85. The van der Waals surface area contributed by atoms with E-state index in [1.54, 1.807) is 0 Å². The van der Waals surface area contributed by atoms with Gasteiger partial charge in [0.15, 0.2) is 19.3 Å². The summed E-state index contributed by atoms with van der Waals surface area (Å²) in [6.07, 6.45) is -49.2. The molecule has 9 nitrogen and oxygen atoms in total. The second kappa shape index (κ2) is 15.6. The molecule has 0 rings (SSSR count). The molecule has 0 aromatic carbocycles. The molecular weight excluding hydrogens is 800 g/mol. The second-order valence-electron chi connectivity index (χ2n) is 9.45. The van der Waals surface area contributed by atoms with Gasteiger partial charge in [-0.1, -0.05) is 19.7 Å². The number of alkyl halides is 17. The Morgan fingerprint density at radius 3 is 1.06 bits per heavy atom. The lowest BCUT2D eigenvalue weighted by Gasteiger charge is -2.48. The summed E-state index contributed by atoms with van der Waals surface area (Å²) in [7, 11) is 0. The van der Waals surface area contributed by atoms with Gasteiger partial charge in [-0.25, -0.2) is 14.4 Å². The molecule has 302 valence electrons. The molecule has 0 aliphatic heterocycles. The van der Waals surface area contributed by atoms with E-state index in [0.29, 0.717) is 0 Å². The minimum atomic E-state index is -7.81. The van der Waals surface area contributed by atoms with Crippen LogP contribution in [0.4, 0.5) is 87.8 Å². The maximum absolute atomic E-state index is 15.3. The van der Waals surface area contributed by atoms with Gasteiger partial charge < -0.3 is 18.9 Å². The monoisotopic (exact) mass is 816 g/mol. The number of ether oxygens (including phenoxy) is 6. The van der Waals surface area contributed by atoms with E-state index in [4.69, 9.17) is 0 Å². The second-order valence-corrected chi connectivity index (χ2v) is 9.45. The maximum atomic E-state index is 15.3. The first-order valence-electron chi connectivity index (χ1n) is 12.1. The van der Waals surface area contributed by atoms with Crippen LogP contribution in [0.3, 0.4) is 0 Å². The van der Waals surface area contributed by atoms with E-state index in [1.807, 2.05) is 0 Å². The van der Waals surface area contributed by atoms with Crippen molar-refractivity contribution in [2.24, 2.45) is 5.41 Å². The Kier molecular flexibility index (Phi) is 14.4. The van der Waals surface area contributed by atoms with E-state index in [-0.39, 0.29) is 0 Å². The third-order valence-corrected chi connectivity index (χ3v) is 5.64. The van der Waals surface area contributed by atoms with Crippen molar-refractivity contribution in [1.29, 1.82) is 0 Å². The van der Waals surface area contributed by atoms with Crippen LogP contribution in [-0.4, -0.2) is 92.4 Å². The Bertz CT molecular complexity index is 1300. The molecule has 0 radical (unpaired) electrons. The van der Waals surface area contributed by atoms with Crippen molar-refractivity contribution in [2.45, 2.75) is 61.6 Å².